The van der Waals surface area contributed by atoms with Crippen LogP contribution in [0.3, 0.4) is 0 Å². The Hall–Kier alpha value is -1.30. The third kappa shape index (κ3) is 3.87. The average molecular weight is 257 g/mol. The molecule has 1 aliphatic rings. The van der Waals surface area contributed by atoms with Crippen molar-refractivity contribution in [3.63, 3.8) is 0 Å². The third-order valence-corrected chi connectivity index (χ3v) is 3.21. The molecule has 6 heteroatoms. The molecule has 1 rings (SSSR count). The third-order valence-electron chi connectivity index (χ3n) is 3.21. The molecule has 6 nitrogen and oxygen atoms in total. The summed E-state index contributed by atoms with van der Waals surface area (Å²) in [5.74, 6) is -0.00651. The van der Waals surface area contributed by atoms with Crippen molar-refractivity contribution in [2.24, 2.45) is 5.73 Å². The molecule has 1 fully saturated rings. The van der Waals surface area contributed by atoms with Gasteiger partial charge in [0.1, 0.15) is 0 Å². The lowest BCUT2D eigenvalue weighted by Crippen LogP contribution is -2.54. The number of methoxy groups -OCH3 is 1. The van der Waals surface area contributed by atoms with Crippen LogP contribution in [0.4, 0.5) is 4.79 Å². The summed E-state index contributed by atoms with van der Waals surface area (Å²) in [5, 5.41) is 0. The number of carbonyl (C=O) groups is 2. The molecule has 0 aliphatic carbocycles. The van der Waals surface area contributed by atoms with Gasteiger partial charge in [0.05, 0.1) is 13.2 Å². The highest BCUT2D eigenvalue weighted by Crippen LogP contribution is 2.07. The number of carbonyl (C=O) groups excluding carboxylic acids is 2. The molecule has 0 aromatic rings. The Labute approximate surface area is 108 Å². The summed E-state index contributed by atoms with van der Waals surface area (Å²) in [4.78, 5) is 26.6. The Morgan fingerprint density at radius 1 is 1.22 bits per heavy atom. The Morgan fingerprint density at radius 3 is 2.28 bits per heavy atom. The van der Waals surface area contributed by atoms with Gasteiger partial charge in [-0.15, -0.1) is 0 Å². The number of unbranched alkanes of at least 4 members (excludes halogenated alkanes) is 1. The number of hydrogen-bond acceptors (Lipinski definition) is 4. The van der Waals surface area contributed by atoms with Crippen molar-refractivity contribution in [3.8, 4) is 0 Å². The SMILES string of the molecule is CCCCC(N)C(=O)N1CCN(C(=O)OC)CC1. The van der Waals surface area contributed by atoms with Crippen LogP contribution in [0.1, 0.15) is 26.2 Å². The fraction of sp³-hybridized carbons (Fsp3) is 0.833. The molecule has 1 unspecified atom stereocenters. The molecule has 1 saturated heterocycles. The quantitative estimate of drug-likeness (QED) is 0.791. The van der Waals surface area contributed by atoms with Gasteiger partial charge in [-0.2, -0.15) is 0 Å². The van der Waals surface area contributed by atoms with Crippen LogP contribution in [-0.2, 0) is 9.53 Å². The predicted molar refractivity (Wildman–Crippen MR) is 68.1 cm³/mol. The summed E-state index contributed by atoms with van der Waals surface area (Å²) in [5.41, 5.74) is 5.86. The van der Waals surface area contributed by atoms with Gasteiger partial charge in [0.25, 0.3) is 0 Å². The Morgan fingerprint density at radius 2 is 1.78 bits per heavy atom. The van der Waals surface area contributed by atoms with Crippen LogP contribution in [0.25, 0.3) is 0 Å². The molecule has 0 radical (unpaired) electrons. The first-order chi connectivity index (χ1) is 8.60. The molecule has 0 bridgehead atoms. The molecular formula is C12H23N3O3. The lowest BCUT2D eigenvalue weighted by molar-refractivity contribution is -0.134. The monoisotopic (exact) mass is 257 g/mol. The van der Waals surface area contributed by atoms with E-state index < -0.39 is 6.04 Å². The fourth-order valence-electron chi connectivity index (χ4n) is 2.02. The van der Waals surface area contributed by atoms with Crippen LogP contribution >= 0.6 is 0 Å². The molecule has 0 aromatic carbocycles. The molecule has 2 amide bonds. The van der Waals surface area contributed by atoms with Crippen LogP contribution in [0.15, 0.2) is 0 Å². The van der Waals surface area contributed by atoms with Crippen molar-refractivity contribution in [2.45, 2.75) is 32.2 Å². The van der Waals surface area contributed by atoms with Crippen molar-refractivity contribution < 1.29 is 14.3 Å². The smallest absolute Gasteiger partial charge is 0.409 e. The van der Waals surface area contributed by atoms with Gasteiger partial charge >= 0.3 is 6.09 Å². The minimum absolute atomic E-state index is 0.00651. The number of nitrogens with two attached hydrogens (primary N) is 1. The molecule has 1 heterocycles. The van der Waals surface area contributed by atoms with E-state index >= 15 is 0 Å². The zero-order chi connectivity index (χ0) is 13.5. The van der Waals surface area contributed by atoms with E-state index in [1.165, 1.54) is 7.11 Å². The molecule has 0 saturated carbocycles. The van der Waals surface area contributed by atoms with Gasteiger partial charge in [0.15, 0.2) is 0 Å². The number of piperazine rings is 1. The molecule has 1 aliphatic heterocycles. The summed E-state index contributed by atoms with van der Waals surface area (Å²) in [6.07, 6.45) is 2.40. The molecule has 18 heavy (non-hydrogen) atoms. The van der Waals surface area contributed by atoms with E-state index in [9.17, 15) is 9.59 Å². The predicted octanol–water partition coefficient (Wildman–Crippen LogP) is 0.415. The Balaban J connectivity index is 2.37. The zero-order valence-electron chi connectivity index (χ0n) is 11.2. The van der Waals surface area contributed by atoms with Crippen LogP contribution in [0.5, 0.6) is 0 Å². The number of ether oxygens (including phenoxy) is 1. The molecule has 0 spiro atoms. The number of rotatable bonds is 4. The zero-order valence-corrected chi connectivity index (χ0v) is 11.2. The molecule has 104 valence electrons. The summed E-state index contributed by atoms with van der Waals surface area (Å²) < 4.78 is 4.64. The fourth-order valence-corrected chi connectivity index (χ4v) is 2.02. The lowest BCUT2D eigenvalue weighted by atomic mass is 10.1. The van der Waals surface area contributed by atoms with E-state index in [4.69, 9.17) is 5.73 Å². The molecule has 0 aromatic heterocycles. The molecule has 2 N–H and O–H groups in total. The van der Waals surface area contributed by atoms with Gasteiger partial charge in [0.2, 0.25) is 5.91 Å². The Bertz CT molecular complexity index is 288. The summed E-state index contributed by atoms with van der Waals surface area (Å²) >= 11 is 0. The lowest BCUT2D eigenvalue weighted by Gasteiger charge is -2.35. The maximum Gasteiger partial charge on any atom is 0.409 e. The second-order valence-corrected chi connectivity index (χ2v) is 4.53. The minimum atomic E-state index is -0.408. The Kier molecular flexibility index (Phi) is 5.91. The van der Waals surface area contributed by atoms with Crippen molar-refractivity contribution in [1.82, 2.24) is 9.80 Å². The van der Waals surface area contributed by atoms with Gasteiger partial charge in [0, 0.05) is 26.2 Å². The average Bonchev–Trinajstić information content (AvgIpc) is 2.43. The maximum atomic E-state index is 12.0. The van der Waals surface area contributed by atoms with Gasteiger partial charge in [-0.05, 0) is 6.42 Å². The van der Waals surface area contributed by atoms with Gasteiger partial charge in [-0.3, -0.25) is 4.79 Å². The van der Waals surface area contributed by atoms with Crippen LogP contribution < -0.4 is 5.73 Å². The second-order valence-electron chi connectivity index (χ2n) is 4.53. The van der Waals surface area contributed by atoms with Crippen LogP contribution in [0.2, 0.25) is 0 Å². The normalized spacial score (nSPS) is 17.5. The standard InChI is InChI=1S/C12H23N3O3/c1-3-4-5-10(13)11(16)14-6-8-15(9-7-14)12(17)18-2/h10H,3-9,13H2,1-2H3. The number of amides is 2. The highest BCUT2D eigenvalue weighted by molar-refractivity contribution is 5.82. The second kappa shape index (κ2) is 7.20. The van der Waals surface area contributed by atoms with E-state index in [1.807, 2.05) is 0 Å². The summed E-state index contributed by atoms with van der Waals surface area (Å²) in [6, 6.07) is -0.408. The van der Waals surface area contributed by atoms with Crippen molar-refractivity contribution in [1.29, 1.82) is 0 Å². The van der Waals surface area contributed by atoms with Crippen molar-refractivity contribution in [2.75, 3.05) is 33.3 Å². The first-order valence-electron chi connectivity index (χ1n) is 6.47. The van der Waals surface area contributed by atoms with E-state index in [-0.39, 0.29) is 12.0 Å². The first-order valence-corrected chi connectivity index (χ1v) is 6.47. The van der Waals surface area contributed by atoms with Crippen LogP contribution in [0, 0.1) is 0 Å². The van der Waals surface area contributed by atoms with E-state index in [0.717, 1.165) is 19.3 Å². The first kappa shape index (κ1) is 14.8. The van der Waals surface area contributed by atoms with Crippen LogP contribution in [-0.4, -0.2) is 61.1 Å². The highest BCUT2D eigenvalue weighted by atomic mass is 16.5. The molecule has 1 atom stereocenters. The minimum Gasteiger partial charge on any atom is -0.453 e. The highest BCUT2D eigenvalue weighted by Gasteiger charge is 2.27. The largest absolute Gasteiger partial charge is 0.453 e. The maximum absolute atomic E-state index is 12.0. The van der Waals surface area contributed by atoms with E-state index in [2.05, 4.69) is 11.7 Å². The van der Waals surface area contributed by atoms with Gasteiger partial charge in [-0.25, -0.2) is 4.79 Å². The van der Waals surface area contributed by atoms with Gasteiger partial charge in [-0.1, -0.05) is 19.8 Å². The van der Waals surface area contributed by atoms with Crippen molar-refractivity contribution >= 4 is 12.0 Å². The summed E-state index contributed by atoms with van der Waals surface area (Å²) in [7, 11) is 1.36. The number of hydrogen-bond donors (Lipinski definition) is 1. The van der Waals surface area contributed by atoms with E-state index in [0.29, 0.717) is 26.2 Å². The number of nitrogens with zero attached hydrogens (tertiary/aromatic N) is 2. The van der Waals surface area contributed by atoms with Gasteiger partial charge < -0.3 is 20.3 Å². The molecular weight excluding hydrogens is 234 g/mol. The van der Waals surface area contributed by atoms with Crippen molar-refractivity contribution in [3.05, 3.63) is 0 Å². The topological polar surface area (TPSA) is 75.9 Å². The van der Waals surface area contributed by atoms with E-state index in [1.54, 1.807) is 9.80 Å². The summed E-state index contributed by atoms with van der Waals surface area (Å²) in [6.45, 7) is 4.17.